The molecule has 1 amide bonds. The summed E-state index contributed by atoms with van der Waals surface area (Å²) in [5, 5.41) is 9.16. The molecular weight excluding hydrogens is 316 g/mol. The van der Waals surface area contributed by atoms with Crippen molar-refractivity contribution in [2.45, 2.75) is 36.1 Å². The fourth-order valence-corrected chi connectivity index (χ4v) is 4.85. The molecular formula is C16H20N2O2S2. The lowest BCUT2D eigenvalue weighted by atomic mass is 10.00. The van der Waals surface area contributed by atoms with E-state index in [4.69, 9.17) is 5.11 Å². The fourth-order valence-electron chi connectivity index (χ4n) is 2.90. The predicted molar refractivity (Wildman–Crippen MR) is 91.4 cm³/mol. The van der Waals surface area contributed by atoms with Crippen molar-refractivity contribution in [2.24, 2.45) is 0 Å². The van der Waals surface area contributed by atoms with Gasteiger partial charge in [0.25, 0.3) is 0 Å². The number of likely N-dealkylation sites (tertiary alicyclic amines) is 1. The second kappa shape index (κ2) is 7.44. The number of amides is 1. The Labute approximate surface area is 138 Å². The molecule has 0 aliphatic carbocycles. The van der Waals surface area contributed by atoms with Gasteiger partial charge in [-0.05, 0) is 37.8 Å². The molecule has 1 atom stereocenters. The van der Waals surface area contributed by atoms with Gasteiger partial charge in [0.2, 0.25) is 5.91 Å². The summed E-state index contributed by atoms with van der Waals surface area (Å²) in [5.74, 6) is 0.601. The number of hydrogen-bond acceptors (Lipinski definition) is 5. The molecule has 0 radical (unpaired) electrons. The van der Waals surface area contributed by atoms with Crippen LogP contribution in [-0.2, 0) is 4.79 Å². The molecule has 0 bridgehead atoms. The third-order valence-corrected chi connectivity index (χ3v) is 6.17. The molecule has 1 N–H and O–H groups in total. The average Bonchev–Trinajstić information content (AvgIpc) is 2.96. The van der Waals surface area contributed by atoms with Gasteiger partial charge in [0.1, 0.15) is 0 Å². The molecule has 2 heterocycles. The molecule has 118 valence electrons. The van der Waals surface area contributed by atoms with Crippen LogP contribution in [-0.4, -0.2) is 45.8 Å². The van der Waals surface area contributed by atoms with Crippen molar-refractivity contribution in [3.05, 3.63) is 24.3 Å². The van der Waals surface area contributed by atoms with Crippen LogP contribution in [0.25, 0.3) is 10.2 Å². The fraction of sp³-hybridized carbons (Fsp3) is 0.500. The number of aromatic nitrogens is 1. The second-order valence-corrected chi connectivity index (χ2v) is 7.74. The molecule has 6 heteroatoms. The van der Waals surface area contributed by atoms with Crippen LogP contribution in [0.4, 0.5) is 0 Å². The van der Waals surface area contributed by atoms with Crippen LogP contribution in [0.15, 0.2) is 28.6 Å². The van der Waals surface area contributed by atoms with E-state index >= 15 is 0 Å². The minimum Gasteiger partial charge on any atom is -0.396 e. The van der Waals surface area contributed by atoms with Crippen LogP contribution < -0.4 is 0 Å². The van der Waals surface area contributed by atoms with Gasteiger partial charge < -0.3 is 10.0 Å². The zero-order chi connectivity index (χ0) is 15.4. The lowest BCUT2D eigenvalue weighted by molar-refractivity contribution is -0.132. The van der Waals surface area contributed by atoms with Crippen molar-refractivity contribution >= 4 is 39.2 Å². The Balaban J connectivity index is 1.61. The molecule has 1 aromatic heterocycles. The number of thioether (sulfide) groups is 1. The van der Waals surface area contributed by atoms with Crippen molar-refractivity contribution in [1.29, 1.82) is 0 Å². The summed E-state index contributed by atoms with van der Waals surface area (Å²) in [6, 6.07) is 8.25. The highest BCUT2D eigenvalue weighted by Gasteiger charge is 2.26. The number of aliphatic hydroxyl groups excluding tert-OH is 1. The third-order valence-electron chi connectivity index (χ3n) is 4.00. The molecule has 0 spiro atoms. The van der Waals surface area contributed by atoms with Gasteiger partial charge in [-0.2, -0.15) is 0 Å². The number of piperidine rings is 1. The zero-order valence-corrected chi connectivity index (χ0v) is 14.0. The summed E-state index contributed by atoms with van der Waals surface area (Å²) >= 11 is 3.16. The number of rotatable bonds is 5. The van der Waals surface area contributed by atoms with Crippen molar-refractivity contribution in [3.8, 4) is 0 Å². The molecule has 1 aliphatic rings. The maximum Gasteiger partial charge on any atom is 0.233 e. The Hall–Kier alpha value is -1.11. The van der Waals surface area contributed by atoms with Gasteiger partial charge >= 0.3 is 0 Å². The number of carbonyl (C=O) groups excluding carboxylic acids is 1. The number of nitrogens with zero attached hydrogens (tertiary/aromatic N) is 2. The highest BCUT2D eigenvalue weighted by atomic mass is 32.2. The molecule has 1 aliphatic heterocycles. The van der Waals surface area contributed by atoms with Crippen LogP contribution in [0.2, 0.25) is 0 Å². The smallest absolute Gasteiger partial charge is 0.233 e. The van der Waals surface area contributed by atoms with E-state index in [1.165, 1.54) is 11.8 Å². The predicted octanol–water partition coefficient (Wildman–Crippen LogP) is 3.15. The third kappa shape index (κ3) is 3.62. The lowest BCUT2D eigenvalue weighted by Crippen LogP contribution is -2.45. The van der Waals surface area contributed by atoms with Gasteiger partial charge in [0.15, 0.2) is 4.34 Å². The molecule has 1 saturated heterocycles. The zero-order valence-electron chi connectivity index (χ0n) is 12.4. The number of hydrogen-bond donors (Lipinski definition) is 1. The summed E-state index contributed by atoms with van der Waals surface area (Å²) in [7, 11) is 0. The molecule has 22 heavy (non-hydrogen) atoms. The number of benzene rings is 1. The van der Waals surface area contributed by atoms with Gasteiger partial charge in [-0.25, -0.2) is 4.98 Å². The summed E-state index contributed by atoms with van der Waals surface area (Å²) in [6.45, 7) is 0.976. The van der Waals surface area contributed by atoms with E-state index in [9.17, 15) is 4.79 Å². The largest absolute Gasteiger partial charge is 0.396 e. The van der Waals surface area contributed by atoms with Crippen molar-refractivity contribution in [1.82, 2.24) is 9.88 Å². The number of fused-ring (bicyclic) bond motifs is 1. The number of carbonyl (C=O) groups is 1. The first kappa shape index (κ1) is 15.8. The highest BCUT2D eigenvalue weighted by Crippen LogP contribution is 2.30. The summed E-state index contributed by atoms with van der Waals surface area (Å²) in [4.78, 5) is 19.0. The molecule has 1 fully saturated rings. The van der Waals surface area contributed by atoms with Crippen LogP contribution in [0.3, 0.4) is 0 Å². The summed E-state index contributed by atoms with van der Waals surface area (Å²) < 4.78 is 2.11. The van der Waals surface area contributed by atoms with Crippen LogP contribution in [0.1, 0.15) is 25.7 Å². The Morgan fingerprint density at radius 2 is 2.27 bits per heavy atom. The maximum absolute atomic E-state index is 12.5. The topological polar surface area (TPSA) is 53.4 Å². The Morgan fingerprint density at radius 3 is 3.09 bits per heavy atom. The van der Waals surface area contributed by atoms with E-state index in [-0.39, 0.29) is 18.6 Å². The highest BCUT2D eigenvalue weighted by molar-refractivity contribution is 8.01. The first-order chi connectivity index (χ1) is 10.8. The SMILES string of the molecule is O=C(CSc1nc2ccccc2s1)N1CCCCC1CCO. The van der Waals surface area contributed by atoms with Crippen molar-refractivity contribution < 1.29 is 9.90 Å². The molecule has 4 nitrogen and oxygen atoms in total. The summed E-state index contributed by atoms with van der Waals surface area (Å²) in [6.07, 6.45) is 3.93. The second-order valence-electron chi connectivity index (χ2n) is 5.49. The minimum absolute atomic E-state index is 0.152. The van der Waals surface area contributed by atoms with Crippen molar-refractivity contribution in [2.75, 3.05) is 18.9 Å². The Kier molecular flexibility index (Phi) is 5.33. The van der Waals surface area contributed by atoms with E-state index in [1.807, 2.05) is 23.1 Å². The van der Waals surface area contributed by atoms with Crippen molar-refractivity contribution in [3.63, 3.8) is 0 Å². The number of para-hydroxylation sites is 1. The normalized spacial score (nSPS) is 18.8. The van der Waals surface area contributed by atoms with Gasteiger partial charge in [-0.1, -0.05) is 23.9 Å². The van der Waals surface area contributed by atoms with E-state index in [2.05, 4.69) is 11.1 Å². The van der Waals surface area contributed by atoms with Gasteiger partial charge in [-0.15, -0.1) is 11.3 Å². The van der Waals surface area contributed by atoms with E-state index in [0.29, 0.717) is 12.2 Å². The molecule has 0 saturated carbocycles. The molecule has 1 aromatic carbocycles. The standard InChI is InChI=1S/C16H20N2O2S2/c19-10-8-12-5-3-4-9-18(12)15(20)11-21-16-17-13-6-1-2-7-14(13)22-16/h1-2,6-7,12,19H,3-5,8-11H2. The van der Waals surface area contributed by atoms with E-state index < -0.39 is 0 Å². The maximum atomic E-state index is 12.5. The Morgan fingerprint density at radius 1 is 1.41 bits per heavy atom. The minimum atomic E-state index is 0.152. The van der Waals surface area contributed by atoms with Crippen LogP contribution in [0, 0.1) is 0 Å². The van der Waals surface area contributed by atoms with E-state index in [0.717, 1.165) is 40.4 Å². The number of aliphatic hydroxyl groups is 1. The van der Waals surface area contributed by atoms with Crippen LogP contribution >= 0.6 is 23.1 Å². The molecule has 1 unspecified atom stereocenters. The van der Waals surface area contributed by atoms with E-state index in [1.54, 1.807) is 11.3 Å². The van der Waals surface area contributed by atoms with Gasteiger partial charge in [0, 0.05) is 19.2 Å². The quantitative estimate of drug-likeness (QED) is 0.852. The first-order valence-electron chi connectivity index (χ1n) is 7.66. The lowest BCUT2D eigenvalue weighted by Gasteiger charge is -2.35. The molecule has 3 rings (SSSR count). The van der Waals surface area contributed by atoms with Crippen LogP contribution in [0.5, 0.6) is 0 Å². The van der Waals surface area contributed by atoms with Gasteiger partial charge in [0.05, 0.1) is 16.0 Å². The first-order valence-corrected chi connectivity index (χ1v) is 9.47. The molecule has 2 aromatic rings. The summed E-state index contributed by atoms with van der Waals surface area (Å²) in [5.41, 5.74) is 0.999. The van der Waals surface area contributed by atoms with Gasteiger partial charge in [-0.3, -0.25) is 4.79 Å². The average molecular weight is 336 g/mol. The number of thiazole rings is 1. The monoisotopic (exact) mass is 336 g/mol. The Bertz CT molecular complexity index is 609.